The highest BCUT2D eigenvalue weighted by Gasteiger charge is 2.25. The van der Waals surface area contributed by atoms with Crippen LogP contribution in [0.2, 0.25) is 0 Å². The van der Waals surface area contributed by atoms with E-state index in [2.05, 4.69) is 0 Å². The summed E-state index contributed by atoms with van der Waals surface area (Å²) in [7, 11) is -8.03. The molecule has 0 aliphatic rings. The molecule has 28 heavy (non-hydrogen) atoms. The number of hydrogen-bond donors (Lipinski definition) is 0. The zero-order valence-electron chi connectivity index (χ0n) is 16.0. The van der Waals surface area contributed by atoms with E-state index in [1.807, 2.05) is 20.1 Å². The maximum Gasteiger partial charge on any atom is 0.297 e. The van der Waals surface area contributed by atoms with Crippen LogP contribution in [0.5, 0.6) is 0 Å². The predicted molar refractivity (Wildman–Crippen MR) is 111 cm³/mol. The van der Waals surface area contributed by atoms with Crippen molar-refractivity contribution in [2.45, 2.75) is 36.2 Å². The Morgan fingerprint density at radius 1 is 0.821 bits per heavy atom. The van der Waals surface area contributed by atoms with Crippen molar-refractivity contribution in [3.05, 3.63) is 59.7 Å². The normalized spacial score (nSPS) is 13.4. The van der Waals surface area contributed by atoms with Gasteiger partial charge in [0.2, 0.25) is 0 Å². The SMILES string of the molecule is CSCC[C@@H](COS(=O)(=O)c1ccc(C)cc1)OS(=O)(=O)c1ccc(C)cc1. The monoisotopic (exact) mass is 444 g/mol. The van der Waals surface area contributed by atoms with Gasteiger partial charge in [0.25, 0.3) is 20.2 Å². The third-order valence-corrected chi connectivity index (χ3v) is 7.25. The van der Waals surface area contributed by atoms with Crippen molar-refractivity contribution in [2.24, 2.45) is 0 Å². The molecule has 0 fully saturated rings. The molecule has 2 aromatic carbocycles. The molecule has 0 saturated carbocycles. The molecule has 0 radical (unpaired) electrons. The van der Waals surface area contributed by atoms with Crippen molar-refractivity contribution in [2.75, 3.05) is 18.6 Å². The van der Waals surface area contributed by atoms with E-state index >= 15 is 0 Å². The van der Waals surface area contributed by atoms with E-state index in [9.17, 15) is 16.8 Å². The molecular weight excluding hydrogens is 420 g/mol. The molecule has 0 aliphatic carbocycles. The first-order chi connectivity index (χ1) is 13.1. The average Bonchev–Trinajstić information content (AvgIpc) is 2.64. The molecule has 0 heterocycles. The van der Waals surface area contributed by atoms with Gasteiger partial charge < -0.3 is 0 Å². The van der Waals surface area contributed by atoms with E-state index < -0.39 is 26.3 Å². The fourth-order valence-corrected chi connectivity index (χ4v) is 4.81. The highest BCUT2D eigenvalue weighted by molar-refractivity contribution is 7.98. The molecule has 9 heteroatoms. The summed E-state index contributed by atoms with van der Waals surface area (Å²) in [5.74, 6) is 0.599. The van der Waals surface area contributed by atoms with E-state index in [0.717, 1.165) is 11.1 Å². The summed E-state index contributed by atoms with van der Waals surface area (Å²) in [5, 5.41) is 0. The topological polar surface area (TPSA) is 86.7 Å². The maximum atomic E-state index is 12.5. The molecule has 0 bridgehead atoms. The second-order valence-electron chi connectivity index (χ2n) is 6.32. The van der Waals surface area contributed by atoms with Crippen LogP contribution in [0, 0.1) is 13.8 Å². The van der Waals surface area contributed by atoms with E-state index in [-0.39, 0.29) is 16.4 Å². The van der Waals surface area contributed by atoms with Crippen LogP contribution in [-0.2, 0) is 28.6 Å². The van der Waals surface area contributed by atoms with Crippen LogP contribution in [0.25, 0.3) is 0 Å². The lowest BCUT2D eigenvalue weighted by molar-refractivity contribution is 0.135. The Kier molecular flexibility index (Phi) is 8.08. The summed E-state index contributed by atoms with van der Waals surface area (Å²) in [4.78, 5) is 0.0387. The molecule has 6 nitrogen and oxygen atoms in total. The van der Waals surface area contributed by atoms with Gasteiger partial charge in [0.1, 0.15) is 6.10 Å². The number of benzene rings is 2. The number of thioether (sulfide) groups is 1. The first-order valence-corrected chi connectivity index (χ1v) is 12.8. The smallest absolute Gasteiger partial charge is 0.264 e. The van der Waals surface area contributed by atoms with Gasteiger partial charge in [-0.1, -0.05) is 35.4 Å². The van der Waals surface area contributed by atoms with Gasteiger partial charge in [-0.25, -0.2) is 0 Å². The minimum atomic E-state index is -4.03. The van der Waals surface area contributed by atoms with E-state index in [4.69, 9.17) is 8.37 Å². The van der Waals surface area contributed by atoms with Gasteiger partial charge >= 0.3 is 0 Å². The van der Waals surface area contributed by atoms with Gasteiger partial charge in [-0.2, -0.15) is 28.6 Å². The Labute approximate surface area is 171 Å². The molecule has 2 aromatic rings. The summed E-state index contributed by atoms with van der Waals surface area (Å²) in [6.07, 6.45) is 1.28. The molecule has 0 aromatic heterocycles. The maximum absolute atomic E-state index is 12.5. The first-order valence-electron chi connectivity index (χ1n) is 8.59. The van der Waals surface area contributed by atoms with E-state index in [1.54, 1.807) is 24.3 Å². The second-order valence-corrected chi connectivity index (χ2v) is 10.5. The van der Waals surface area contributed by atoms with Crippen LogP contribution < -0.4 is 0 Å². The molecule has 1 atom stereocenters. The van der Waals surface area contributed by atoms with Gasteiger partial charge in [0.05, 0.1) is 16.4 Å². The lowest BCUT2D eigenvalue weighted by atomic mass is 10.2. The minimum absolute atomic E-state index is 0.0168. The second kappa shape index (κ2) is 9.89. The van der Waals surface area contributed by atoms with Crippen molar-refractivity contribution in [3.8, 4) is 0 Å². The molecule has 0 unspecified atom stereocenters. The summed E-state index contributed by atoms with van der Waals surface area (Å²) in [5.41, 5.74) is 1.84. The third kappa shape index (κ3) is 6.59. The predicted octanol–water partition coefficient (Wildman–Crippen LogP) is 3.54. The molecule has 0 amide bonds. The highest BCUT2D eigenvalue weighted by Crippen LogP contribution is 2.20. The minimum Gasteiger partial charge on any atom is -0.264 e. The largest absolute Gasteiger partial charge is 0.297 e. The fraction of sp³-hybridized carbons (Fsp3) is 0.368. The average molecular weight is 445 g/mol. The van der Waals surface area contributed by atoms with E-state index in [1.165, 1.54) is 36.0 Å². The Bertz CT molecular complexity index is 965. The molecule has 0 saturated heterocycles. The fourth-order valence-electron chi connectivity index (χ4n) is 2.29. The summed E-state index contributed by atoms with van der Waals surface area (Å²) >= 11 is 1.51. The van der Waals surface area contributed by atoms with Crippen LogP contribution in [0.15, 0.2) is 58.3 Å². The Hall–Kier alpha value is -1.39. The Balaban J connectivity index is 2.12. The van der Waals surface area contributed by atoms with Crippen molar-refractivity contribution in [3.63, 3.8) is 0 Å². The van der Waals surface area contributed by atoms with E-state index in [0.29, 0.717) is 12.2 Å². The third-order valence-electron chi connectivity index (χ3n) is 3.94. The summed E-state index contributed by atoms with van der Waals surface area (Å²) in [6, 6.07) is 12.5. The van der Waals surface area contributed by atoms with Crippen LogP contribution in [0.3, 0.4) is 0 Å². The van der Waals surface area contributed by atoms with Crippen LogP contribution in [-0.4, -0.2) is 41.6 Å². The number of rotatable bonds is 10. The molecule has 2 rings (SSSR count). The number of aryl methyl sites for hydroxylation is 2. The zero-order valence-corrected chi connectivity index (χ0v) is 18.4. The molecular formula is C19H24O6S3. The molecule has 0 N–H and O–H groups in total. The van der Waals surface area contributed by atoms with Gasteiger partial charge in [-0.3, -0.25) is 8.37 Å². The summed E-state index contributed by atoms with van der Waals surface area (Å²) in [6.45, 7) is 3.31. The van der Waals surface area contributed by atoms with Gasteiger partial charge in [-0.15, -0.1) is 0 Å². The van der Waals surface area contributed by atoms with Gasteiger partial charge in [0.15, 0.2) is 0 Å². The van der Waals surface area contributed by atoms with Gasteiger partial charge in [0, 0.05) is 0 Å². The highest BCUT2D eigenvalue weighted by atomic mass is 32.2. The van der Waals surface area contributed by atoms with Crippen molar-refractivity contribution >= 4 is 32.0 Å². The standard InChI is InChI=1S/C19H24O6S3/c1-15-4-8-18(9-5-15)27(20,21)24-14-17(12-13-26-3)25-28(22,23)19-10-6-16(2)7-11-19/h4-11,17H,12-14H2,1-3H3/t17-/m0/s1. The molecule has 154 valence electrons. The van der Waals surface area contributed by atoms with Crippen molar-refractivity contribution in [1.29, 1.82) is 0 Å². The van der Waals surface area contributed by atoms with Crippen molar-refractivity contribution in [1.82, 2.24) is 0 Å². The number of hydrogen-bond acceptors (Lipinski definition) is 7. The zero-order chi connectivity index (χ0) is 20.8. The lowest BCUT2D eigenvalue weighted by Gasteiger charge is -2.17. The van der Waals surface area contributed by atoms with Crippen LogP contribution in [0.4, 0.5) is 0 Å². The molecule has 0 aliphatic heterocycles. The van der Waals surface area contributed by atoms with Crippen molar-refractivity contribution < 1.29 is 25.2 Å². The molecule has 0 spiro atoms. The lowest BCUT2D eigenvalue weighted by Crippen LogP contribution is -2.26. The first kappa shape index (κ1) is 22.9. The van der Waals surface area contributed by atoms with Crippen LogP contribution >= 0.6 is 11.8 Å². The Morgan fingerprint density at radius 2 is 1.29 bits per heavy atom. The Morgan fingerprint density at radius 3 is 1.75 bits per heavy atom. The van der Waals surface area contributed by atoms with Gasteiger partial charge in [-0.05, 0) is 56.5 Å². The summed E-state index contributed by atoms with van der Waals surface area (Å²) < 4.78 is 60.1. The quantitative estimate of drug-likeness (QED) is 0.518. The van der Waals surface area contributed by atoms with Crippen LogP contribution in [0.1, 0.15) is 17.5 Å².